The van der Waals surface area contributed by atoms with Crippen molar-refractivity contribution < 1.29 is 4.74 Å². The van der Waals surface area contributed by atoms with Crippen molar-refractivity contribution in [1.29, 1.82) is 5.26 Å². The quantitative estimate of drug-likeness (QED) is 0.916. The summed E-state index contributed by atoms with van der Waals surface area (Å²) in [4.78, 5) is 4.31. The Labute approximate surface area is 125 Å². The third kappa shape index (κ3) is 3.73. The molecular formula is C17H19N3O. The maximum absolute atomic E-state index is 9.26. The lowest BCUT2D eigenvalue weighted by molar-refractivity contribution is 0.242. The van der Waals surface area contributed by atoms with E-state index >= 15 is 0 Å². The van der Waals surface area contributed by atoms with Gasteiger partial charge in [-0.25, -0.2) is 0 Å². The number of nitrogens with zero attached hydrogens (tertiary/aromatic N) is 2. The van der Waals surface area contributed by atoms with Crippen LogP contribution in [0.1, 0.15) is 30.8 Å². The fraction of sp³-hybridized carbons (Fsp3) is 0.294. The first kappa shape index (κ1) is 14.9. The topological polar surface area (TPSA) is 57.9 Å². The molecule has 1 N–H and O–H groups in total. The molecule has 0 aliphatic heterocycles. The predicted molar refractivity (Wildman–Crippen MR) is 83.9 cm³/mol. The number of aromatic nitrogens is 1. The standard InChI is InChI=1S/C17H19N3O/c1-11(2)21-15-7-5-14(6-8-15)20-17-9-12(3)19-13(4)16(17)10-18/h5-9,11H,1-4H3,(H,19,20). The van der Waals surface area contributed by atoms with Crippen LogP contribution in [0.15, 0.2) is 30.3 Å². The molecule has 4 nitrogen and oxygen atoms in total. The van der Waals surface area contributed by atoms with Crippen LogP contribution < -0.4 is 10.1 Å². The molecule has 0 spiro atoms. The molecule has 1 aromatic carbocycles. The summed E-state index contributed by atoms with van der Waals surface area (Å²) in [6.07, 6.45) is 0.152. The van der Waals surface area contributed by atoms with Gasteiger partial charge in [-0.15, -0.1) is 0 Å². The highest BCUT2D eigenvalue weighted by Gasteiger charge is 2.08. The van der Waals surface area contributed by atoms with Crippen LogP contribution in [-0.2, 0) is 0 Å². The maximum Gasteiger partial charge on any atom is 0.119 e. The fourth-order valence-electron chi connectivity index (χ4n) is 2.11. The van der Waals surface area contributed by atoms with Crippen LogP contribution in [0.25, 0.3) is 0 Å². The van der Waals surface area contributed by atoms with E-state index in [1.54, 1.807) is 0 Å². The summed E-state index contributed by atoms with van der Waals surface area (Å²) in [5.41, 5.74) is 3.88. The van der Waals surface area contributed by atoms with E-state index in [9.17, 15) is 5.26 Å². The Morgan fingerprint density at radius 2 is 1.86 bits per heavy atom. The summed E-state index contributed by atoms with van der Waals surface area (Å²) >= 11 is 0. The number of pyridine rings is 1. The molecule has 0 saturated carbocycles. The molecule has 21 heavy (non-hydrogen) atoms. The van der Waals surface area contributed by atoms with E-state index in [0.717, 1.165) is 28.5 Å². The van der Waals surface area contributed by atoms with E-state index in [1.807, 2.05) is 58.0 Å². The molecular weight excluding hydrogens is 262 g/mol. The second-order valence-corrected chi connectivity index (χ2v) is 5.20. The average molecular weight is 281 g/mol. The van der Waals surface area contributed by atoms with E-state index in [2.05, 4.69) is 16.4 Å². The minimum atomic E-state index is 0.152. The Balaban J connectivity index is 2.24. The minimum absolute atomic E-state index is 0.152. The van der Waals surface area contributed by atoms with Crippen LogP contribution in [0.4, 0.5) is 11.4 Å². The van der Waals surface area contributed by atoms with Gasteiger partial charge in [0.15, 0.2) is 0 Å². The van der Waals surface area contributed by atoms with Gasteiger partial charge in [0.05, 0.1) is 23.0 Å². The van der Waals surface area contributed by atoms with Gasteiger partial charge in [0.25, 0.3) is 0 Å². The van der Waals surface area contributed by atoms with Gasteiger partial charge < -0.3 is 10.1 Å². The van der Waals surface area contributed by atoms with Crippen LogP contribution >= 0.6 is 0 Å². The summed E-state index contributed by atoms with van der Waals surface area (Å²) in [6, 6.07) is 11.8. The van der Waals surface area contributed by atoms with Crippen molar-refractivity contribution in [2.75, 3.05) is 5.32 Å². The molecule has 0 fully saturated rings. The molecule has 0 radical (unpaired) electrons. The molecule has 108 valence electrons. The molecule has 2 rings (SSSR count). The van der Waals surface area contributed by atoms with E-state index in [1.165, 1.54) is 0 Å². The van der Waals surface area contributed by atoms with Crippen molar-refractivity contribution in [3.63, 3.8) is 0 Å². The first-order valence-corrected chi connectivity index (χ1v) is 6.91. The lowest BCUT2D eigenvalue weighted by Gasteiger charge is -2.13. The SMILES string of the molecule is Cc1cc(Nc2ccc(OC(C)C)cc2)c(C#N)c(C)n1. The van der Waals surface area contributed by atoms with E-state index in [0.29, 0.717) is 5.56 Å². The molecule has 0 saturated heterocycles. The molecule has 1 aromatic heterocycles. The van der Waals surface area contributed by atoms with Crippen molar-refractivity contribution in [3.8, 4) is 11.8 Å². The molecule has 0 bridgehead atoms. The highest BCUT2D eigenvalue weighted by atomic mass is 16.5. The second kappa shape index (κ2) is 6.27. The van der Waals surface area contributed by atoms with Gasteiger partial charge in [0.2, 0.25) is 0 Å². The Hall–Kier alpha value is -2.54. The highest BCUT2D eigenvalue weighted by Crippen LogP contribution is 2.25. The number of ether oxygens (including phenoxy) is 1. The number of aryl methyl sites for hydroxylation is 2. The zero-order valence-electron chi connectivity index (χ0n) is 12.8. The molecule has 0 aliphatic carbocycles. The zero-order chi connectivity index (χ0) is 15.4. The average Bonchev–Trinajstić information content (AvgIpc) is 2.40. The van der Waals surface area contributed by atoms with Gasteiger partial charge in [-0.1, -0.05) is 0 Å². The van der Waals surface area contributed by atoms with Crippen molar-refractivity contribution in [1.82, 2.24) is 4.98 Å². The van der Waals surface area contributed by atoms with Crippen LogP contribution in [0.2, 0.25) is 0 Å². The van der Waals surface area contributed by atoms with Crippen LogP contribution in [0, 0.1) is 25.2 Å². The monoisotopic (exact) mass is 281 g/mol. The summed E-state index contributed by atoms with van der Waals surface area (Å²) in [7, 11) is 0. The number of nitrogens with one attached hydrogen (secondary N) is 1. The Kier molecular flexibility index (Phi) is 4.44. The largest absolute Gasteiger partial charge is 0.491 e. The van der Waals surface area contributed by atoms with Crippen LogP contribution in [0.5, 0.6) is 5.75 Å². The van der Waals surface area contributed by atoms with Crippen LogP contribution in [-0.4, -0.2) is 11.1 Å². The molecule has 4 heteroatoms. The summed E-state index contributed by atoms with van der Waals surface area (Å²) in [5.74, 6) is 0.832. The van der Waals surface area contributed by atoms with Gasteiger partial charge in [0.1, 0.15) is 11.8 Å². The number of hydrogen-bond donors (Lipinski definition) is 1. The Bertz CT molecular complexity index is 670. The summed E-state index contributed by atoms with van der Waals surface area (Å²) in [5, 5.41) is 12.5. The number of rotatable bonds is 4. The van der Waals surface area contributed by atoms with Crippen LogP contribution in [0.3, 0.4) is 0 Å². The van der Waals surface area contributed by atoms with Gasteiger partial charge in [-0.05, 0) is 58.0 Å². The maximum atomic E-state index is 9.26. The smallest absolute Gasteiger partial charge is 0.119 e. The molecule has 2 aromatic rings. The number of benzene rings is 1. The zero-order valence-corrected chi connectivity index (χ0v) is 12.8. The Morgan fingerprint density at radius 1 is 1.19 bits per heavy atom. The van der Waals surface area contributed by atoms with Crippen molar-refractivity contribution in [2.24, 2.45) is 0 Å². The van der Waals surface area contributed by atoms with Crippen molar-refractivity contribution in [3.05, 3.63) is 47.3 Å². The number of anilines is 2. The second-order valence-electron chi connectivity index (χ2n) is 5.20. The van der Waals surface area contributed by atoms with Crippen molar-refractivity contribution >= 4 is 11.4 Å². The molecule has 0 unspecified atom stereocenters. The fourth-order valence-corrected chi connectivity index (χ4v) is 2.11. The first-order chi connectivity index (χ1) is 9.99. The minimum Gasteiger partial charge on any atom is -0.491 e. The number of nitriles is 1. The number of hydrogen-bond acceptors (Lipinski definition) is 4. The normalized spacial score (nSPS) is 10.3. The van der Waals surface area contributed by atoms with E-state index < -0.39 is 0 Å². The predicted octanol–water partition coefficient (Wildman–Crippen LogP) is 4.10. The van der Waals surface area contributed by atoms with Gasteiger partial charge in [0, 0.05) is 11.4 Å². The summed E-state index contributed by atoms with van der Waals surface area (Å²) < 4.78 is 5.61. The third-order valence-corrected chi connectivity index (χ3v) is 2.95. The van der Waals surface area contributed by atoms with Gasteiger partial charge in [-0.3, -0.25) is 4.98 Å². The van der Waals surface area contributed by atoms with E-state index in [-0.39, 0.29) is 6.10 Å². The summed E-state index contributed by atoms with van der Waals surface area (Å²) in [6.45, 7) is 7.75. The van der Waals surface area contributed by atoms with Gasteiger partial charge >= 0.3 is 0 Å². The lowest BCUT2D eigenvalue weighted by Crippen LogP contribution is -2.05. The molecule has 0 amide bonds. The molecule has 0 atom stereocenters. The van der Waals surface area contributed by atoms with E-state index in [4.69, 9.17) is 4.74 Å². The van der Waals surface area contributed by atoms with Gasteiger partial charge in [-0.2, -0.15) is 5.26 Å². The molecule has 0 aliphatic rings. The molecule has 1 heterocycles. The Morgan fingerprint density at radius 3 is 2.43 bits per heavy atom. The third-order valence-electron chi connectivity index (χ3n) is 2.95. The lowest BCUT2D eigenvalue weighted by atomic mass is 10.1. The highest BCUT2D eigenvalue weighted by molar-refractivity contribution is 5.68. The first-order valence-electron chi connectivity index (χ1n) is 6.91. The van der Waals surface area contributed by atoms with Crippen molar-refractivity contribution in [2.45, 2.75) is 33.8 Å².